The molecule has 0 saturated heterocycles. The molecule has 0 spiro atoms. The lowest BCUT2D eigenvalue weighted by Gasteiger charge is -2.18. The molecule has 0 aromatic heterocycles. The van der Waals surface area contributed by atoms with E-state index in [4.69, 9.17) is 14.2 Å². The van der Waals surface area contributed by atoms with Gasteiger partial charge in [-0.15, -0.1) is 0 Å². The molecule has 0 radical (unpaired) electrons. The van der Waals surface area contributed by atoms with E-state index < -0.39 is 6.10 Å². The van der Waals surface area contributed by atoms with Gasteiger partial charge in [-0.3, -0.25) is 9.59 Å². The number of esters is 2. The molecule has 0 aromatic rings. The third-order valence-corrected chi connectivity index (χ3v) is 11.5. The predicted octanol–water partition coefficient (Wildman–Crippen LogP) is 19.3. The zero-order chi connectivity index (χ0) is 49.2. The Balaban J connectivity index is 4.38. The average Bonchev–Trinajstić information content (AvgIpc) is 3.34. The Morgan fingerprint density at radius 1 is 0.338 bits per heavy atom. The van der Waals surface area contributed by atoms with Crippen molar-refractivity contribution in [2.45, 2.75) is 245 Å². The summed E-state index contributed by atoms with van der Waals surface area (Å²) in [4.78, 5) is 25.5. The second-order valence-corrected chi connectivity index (χ2v) is 18.1. The highest BCUT2D eigenvalue weighted by Crippen LogP contribution is 2.13. The Hall–Kier alpha value is -3.70. The molecule has 0 aliphatic rings. The minimum absolute atomic E-state index is 0.0527. The van der Waals surface area contributed by atoms with Crippen molar-refractivity contribution in [1.82, 2.24) is 0 Å². The molecule has 5 heteroatoms. The minimum atomic E-state index is -0.576. The van der Waals surface area contributed by atoms with E-state index in [2.05, 4.69) is 142 Å². The van der Waals surface area contributed by atoms with Gasteiger partial charge in [-0.2, -0.15) is 0 Å². The van der Waals surface area contributed by atoms with Gasteiger partial charge in [-0.05, 0) is 128 Å². The van der Waals surface area contributed by atoms with Crippen LogP contribution in [0.15, 0.2) is 122 Å². The van der Waals surface area contributed by atoms with Crippen molar-refractivity contribution in [3.05, 3.63) is 122 Å². The quantitative estimate of drug-likeness (QED) is 0.0345. The maximum atomic E-state index is 12.8. The molecule has 0 rings (SSSR count). The summed E-state index contributed by atoms with van der Waals surface area (Å²) in [5.41, 5.74) is 0. The van der Waals surface area contributed by atoms with Crippen molar-refractivity contribution >= 4 is 11.9 Å². The van der Waals surface area contributed by atoms with Crippen LogP contribution < -0.4 is 0 Å². The van der Waals surface area contributed by atoms with Crippen molar-refractivity contribution in [3.63, 3.8) is 0 Å². The topological polar surface area (TPSA) is 61.8 Å². The van der Waals surface area contributed by atoms with E-state index in [1.165, 1.54) is 89.9 Å². The van der Waals surface area contributed by atoms with E-state index >= 15 is 0 Å². The molecular weight excluding hydrogens is 837 g/mol. The summed E-state index contributed by atoms with van der Waals surface area (Å²) < 4.78 is 17.4. The maximum Gasteiger partial charge on any atom is 0.306 e. The summed E-state index contributed by atoms with van der Waals surface area (Å²) in [7, 11) is 0. The first-order chi connectivity index (χ1) is 33.6. The Kier molecular flexibility index (Phi) is 54.5. The Morgan fingerprint density at radius 2 is 0.662 bits per heavy atom. The molecule has 1 unspecified atom stereocenters. The second-order valence-electron chi connectivity index (χ2n) is 18.1. The van der Waals surface area contributed by atoms with Crippen molar-refractivity contribution in [3.8, 4) is 0 Å². The van der Waals surface area contributed by atoms with Gasteiger partial charge in [0.05, 0.1) is 6.61 Å². The monoisotopic (exact) mass is 941 g/mol. The normalized spacial score (nSPS) is 13.2. The fourth-order valence-corrected chi connectivity index (χ4v) is 7.34. The van der Waals surface area contributed by atoms with Gasteiger partial charge in [-0.1, -0.05) is 219 Å². The lowest BCUT2D eigenvalue weighted by Crippen LogP contribution is -2.30. The number of carbonyl (C=O) groups is 2. The third kappa shape index (κ3) is 54.9. The summed E-state index contributed by atoms with van der Waals surface area (Å²) in [5.74, 6) is -0.465. The molecule has 0 aromatic carbocycles. The van der Waals surface area contributed by atoms with Crippen LogP contribution in [0, 0.1) is 0 Å². The molecule has 0 saturated carbocycles. The number of rotatable bonds is 50. The standard InChI is InChI=1S/C63H104O5/c1-4-7-10-13-16-19-22-25-28-30-31-32-34-37-40-43-46-49-52-55-58-66-59-61(68-63(65)57-54-51-48-45-42-39-35-27-24-21-18-15-12-9-6-3)60-67-62(64)56-53-50-47-44-41-38-36-33-29-26-23-20-17-14-11-8-5-2/h7,9-10,12,16-21,25-29,31-32,35,42,45,61H,4-6,8,11,13-15,22-24,30,33-34,36-41,43-44,46-60H2,1-3H3/b10-7-,12-9-,19-16-,20-17-,21-18-,28-25-,29-26-,32-31-,35-27-,45-42-. The molecular formula is C63H104O5. The van der Waals surface area contributed by atoms with Crippen LogP contribution in [0.2, 0.25) is 0 Å². The largest absolute Gasteiger partial charge is 0.462 e. The predicted molar refractivity (Wildman–Crippen MR) is 297 cm³/mol. The van der Waals surface area contributed by atoms with Crippen molar-refractivity contribution < 1.29 is 23.8 Å². The lowest BCUT2D eigenvalue weighted by molar-refractivity contribution is -0.163. The Morgan fingerprint density at radius 3 is 1.09 bits per heavy atom. The molecule has 386 valence electrons. The highest BCUT2D eigenvalue weighted by molar-refractivity contribution is 5.70. The number of ether oxygens (including phenoxy) is 3. The fourth-order valence-electron chi connectivity index (χ4n) is 7.34. The molecule has 1 atom stereocenters. The minimum Gasteiger partial charge on any atom is -0.462 e. The van der Waals surface area contributed by atoms with E-state index in [1.807, 2.05) is 0 Å². The molecule has 0 bridgehead atoms. The zero-order valence-electron chi connectivity index (χ0n) is 44.3. The van der Waals surface area contributed by atoms with Gasteiger partial charge in [0.1, 0.15) is 6.61 Å². The second kappa shape index (κ2) is 57.6. The van der Waals surface area contributed by atoms with Gasteiger partial charge in [-0.25, -0.2) is 0 Å². The zero-order valence-corrected chi connectivity index (χ0v) is 44.3. The van der Waals surface area contributed by atoms with Crippen LogP contribution in [0.25, 0.3) is 0 Å². The van der Waals surface area contributed by atoms with Crippen LogP contribution in [0.4, 0.5) is 0 Å². The fraction of sp³-hybridized carbons (Fsp3) is 0.651. The van der Waals surface area contributed by atoms with Crippen LogP contribution in [-0.2, 0) is 23.8 Å². The summed E-state index contributed by atoms with van der Waals surface area (Å²) in [5, 5.41) is 0. The van der Waals surface area contributed by atoms with Gasteiger partial charge in [0.2, 0.25) is 0 Å². The highest BCUT2D eigenvalue weighted by Gasteiger charge is 2.17. The molecule has 5 nitrogen and oxygen atoms in total. The number of allylic oxidation sites excluding steroid dienone is 20. The average molecular weight is 942 g/mol. The number of carbonyl (C=O) groups excluding carboxylic acids is 2. The molecule has 0 aliphatic heterocycles. The Bertz CT molecular complexity index is 1390. The van der Waals surface area contributed by atoms with E-state index in [0.717, 1.165) is 116 Å². The maximum absolute atomic E-state index is 12.8. The van der Waals surface area contributed by atoms with Gasteiger partial charge < -0.3 is 14.2 Å². The molecule has 0 heterocycles. The van der Waals surface area contributed by atoms with E-state index in [-0.39, 0.29) is 25.2 Å². The third-order valence-electron chi connectivity index (χ3n) is 11.5. The highest BCUT2D eigenvalue weighted by atomic mass is 16.6. The summed E-state index contributed by atoms with van der Waals surface area (Å²) in [6.45, 7) is 7.50. The van der Waals surface area contributed by atoms with Crippen molar-refractivity contribution in [2.75, 3.05) is 19.8 Å². The molecule has 0 aliphatic carbocycles. The first kappa shape index (κ1) is 64.3. The number of unbranched alkanes of at least 4 members (excludes halogenated alkanes) is 19. The number of hydrogen-bond acceptors (Lipinski definition) is 5. The molecule has 0 N–H and O–H groups in total. The lowest BCUT2D eigenvalue weighted by atomic mass is 10.1. The molecule has 68 heavy (non-hydrogen) atoms. The first-order valence-electron chi connectivity index (χ1n) is 28.1. The van der Waals surface area contributed by atoms with Crippen LogP contribution in [0.5, 0.6) is 0 Å². The number of hydrogen-bond donors (Lipinski definition) is 0. The van der Waals surface area contributed by atoms with Crippen LogP contribution in [0.3, 0.4) is 0 Å². The van der Waals surface area contributed by atoms with Crippen LogP contribution >= 0.6 is 0 Å². The summed E-state index contributed by atoms with van der Waals surface area (Å²) >= 11 is 0. The summed E-state index contributed by atoms with van der Waals surface area (Å²) in [6.07, 6.45) is 80.7. The SMILES string of the molecule is CC/C=C\C/C=C\C/C=C\C/C=C\CCCCCCCCCOCC(COC(=O)CCCCCCCCC/C=C\C/C=C\CCCCC)OC(=O)CCCC/C=C\C/C=C\C/C=C\C/C=C\CC. The van der Waals surface area contributed by atoms with Crippen molar-refractivity contribution in [2.24, 2.45) is 0 Å². The van der Waals surface area contributed by atoms with Gasteiger partial charge >= 0.3 is 11.9 Å². The van der Waals surface area contributed by atoms with Gasteiger partial charge in [0, 0.05) is 19.4 Å². The smallest absolute Gasteiger partial charge is 0.306 e. The Labute approximate surface area is 420 Å². The summed E-state index contributed by atoms with van der Waals surface area (Å²) in [6, 6.07) is 0. The van der Waals surface area contributed by atoms with E-state index in [1.54, 1.807) is 0 Å². The van der Waals surface area contributed by atoms with Crippen LogP contribution in [-0.4, -0.2) is 37.9 Å². The van der Waals surface area contributed by atoms with Gasteiger partial charge in [0.25, 0.3) is 0 Å². The molecule has 0 fully saturated rings. The van der Waals surface area contributed by atoms with Crippen LogP contribution in [0.1, 0.15) is 239 Å². The van der Waals surface area contributed by atoms with E-state index in [9.17, 15) is 9.59 Å². The van der Waals surface area contributed by atoms with Gasteiger partial charge in [0.15, 0.2) is 6.10 Å². The molecule has 0 amide bonds. The first-order valence-corrected chi connectivity index (χ1v) is 28.1. The van der Waals surface area contributed by atoms with E-state index in [0.29, 0.717) is 19.4 Å². The van der Waals surface area contributed by atoms with Crippen molar-refractivity contribution in [1.29, 1.82) is 0 Å².